The Hall–Kier alpha value is -3.68. The summed E-state index contributed by atoms with van der Waals surface area (Å²) in [6.45, 7) is 0. The number of carbonyl (C=O) groups is 3. The van der Waals surface area contributed by atoms with Crippen LogP contribution in [0.2, 0.25) is 0 Å². The summed E-state index contributed by atoms with van der Waals surface area (Å²) in [5.41, 5.74) is 7.24. The first kappa shape index (κ1) is 19.1. The Kier molecular flexibility index (Phi) is 5.69. The van der Waals surface area contributed by atoms with Gasteiger partial charge in [0.2, 0.25) is 11.8 Å². The van der Waals surface area contributed by atoms with E-state index in [0.717, 1.165) is 5.56 Å². The Labute approximate surface area is 161 Å². The summed E-state index contributed by atoms with van der Waals surface area (Å²) in [6, 6.07) is 13.1. The molecule has 0 spiro atoms. The molecular weight excluding hydrogens is 360 g/mol. The van der Waals surface area contributed by atoms with Gasteiger partial charge in [0.1, 0.15) is 11.6 Å². The van der Waals surface area contributed by atoms with Crippen molar-refractivity contribution < 1.29 is 19.1 Å². The zero-order chi connectivity index (χ0) is 20.1. The van der Waals surface area contributed by atoms with Crippen LogP contribution in [-0.2, 0) is 14.4 Å². The largest absolute Gasteiger partial charge is 0.426 e. The second-order valence-corrected chi connectivity index (χ2v) is 6.38. The van der Waals surface area contributed by atoms with Crippen LogP contribution in [0.1, 0.15) is 36.4 Å². The smallest absolute Gasteiger partial charge is 0.313 e. The quantitative estimate of drug-likeness (QED) is 0.263. The highest BCUT2D eigenvalue weighted by Crippen LogP contribution is 2.32. The van der Waals surface area contributed by atoms with Gasteiger partial charge in [0.15, 0.2) is 0 Å². The molecule has 2 aromatic carbocycles. The Morgan fingerprint density at radius 1 is 1.07 bits per heavy atom. The van der Waals surface area contributed by atoms with E-state index in [4.69, 9.17) is 15.9 Å². The molecule has 1 heterocycles. The van der Waals surface area contributed by atoms with Gasteiger partial charge in [-0.15, -0.1) is 0 Å². The second-order valence-electron chi connectivity index (χ2n) is 6.38. The Morgan fingerprint density at radius 2 is 1.75 bits per heavy atom. The highest BCUT2D eigenvalue weighted by atomic mass is 16.5. The van der Waals surface area contributed by atoms with Crippen molar-refractivity contribution in [2.75, 3.05) is 5.32 Å². The summed E-state index contributed by atoms with van der Waals surface area (Å²) in [6.07, 6.45) is 0.0433. The first-order valence-electron chi connectivity index (χ1n) is 8.75. The number of rotatable bonds is 6. The zero-order valence-electron chi connectivity index (χ0n) is 15.0. The fourth-order valence-electron chi connectivity index (χ4n) is 2.88. The van der Waals surface area contributed by atoms with Crippen LogP contribution in [0.4, 0.5) is 5.69 Å². The molecular formula is C20H20N4O4. The molecule has 8 heteroatoms. The maximum Gasteiger partial charge on any atom is 0.313 e. The van der Waals surface area contributed by atoms with E-state index < -0.39 is 12.0 Å². The van der Waals surface area contributed by atoms with Crippen molar-refractivity contribution >= 4 is 29.3 Å². The molecule has 0 saturated heterocycles. The number of benzene rings is 2. The van der Waals surface area contributed by atoms with E-state index in [-0.39, 0.29) is 36.9 Å². The number of esters is 1. The minimum Gasteiger partial charge on any atom is -0.426 e. The van der Waals surface area contributed by atoms with Crippen LogP contribution in [0.15, 0.2) is 48.5 Å². The normalized spacial score (nSPS) is 15.1. The maximum absolute atomic E-state index is 12.2. The van der Waals surface area contributed by atoms with E-state index in [1.165, 1.54) is 0 Å². The van der Waals surface area contributed by atoms with Crippen molar-refractivity contribution in [3.8, 4) is 5.75 Å². The molecule has 1 atom stereocenters. The molecule has 1 aliphatic heterocycles. The summed E-state index contributed by atoms with van der Waals surface area (Å²) >= 11 is 0. The van der Waals surface area contributed by atoms with Crippen LogP contribution in [-0.4, -0.2) is 23.6 Å². The van der Waals surface area contributed by atoms with E-state index in [9.17, 15) is 14.4 Å². The topological polar surface area (TPSA) is 134 Å². The van der Waals surface area contributed by atoms with Crippen LogP contribution in [0.3, 0.4) is 0 Å². The molecule has 28 heavy (non-hydrogen) atoms. The van der Waals surface area contributed by atoms with Crippen molar-refractivity contribution in [2.24, 2.45) is 5.73 Å². The maximum atomic E-state index is 12.2. The van der Waals surface area contributed by atoms with Gasteiger partial charge < -0.3 is 21.1 Å². The lowest BCUT2D eigenvalue weighted by molar-refractivity contribution is -0.136. The highest BCUT2D eigenvalue weighted by Gasteiger charge is 2.27. The molecule has 3 rings (SSSR count). The number of para-hydroxylation sites is 1. The second kappa shape index (κ2) is 8.34. The molecule has 8 nitrogen and oxygen atoms in total. The van der Waals surface area contributed by atoms with Gasteiger partial charge in [-0.25, -0.2) is 0 Å². The minimum atomic E-state index is -0.466. The van der Waals surface area contributed by atoms with Crippen LogP contribution < -0.4 is 21.1 Å². The van der Waals surface area contributed by atoms with E-state index in [2.05, 4.69) is 10.6 Å². The summed E-state index contributed by atoms with van der Waals surface area (Å²) in [5, 5.41) is 12.8. The predicted octanol–water partition coefficient (Wildman–Crippen LogP) is 1.86. The number of hydrogen-bond donors (Lipinski definition) is 4. The molecule has 2 amide bonds. The Bertz CT molecular complexity index is 924. The third-order valence-electron chi connectivity index (χ3n) is 4.28. The van der Waals surface area contributed by atoms with E-state index in [0.29, 0.717) is 17.0 Å². The average Bonchev–Trinajstić information content (AvgIpc) is 2.66. The third-order valence-corrected chi connectivity index (χ3v) is 4.28. The van der Waals surface area contributed by atoms with Gasteiger partial charge in [0.25, 0.3) is 0 Å². The van der Waals surface area contributed by atoms with Gasteiger partial charge >= 0.3 is 5.97 Å². The molecule has 0 bridgehead atoms. The van der Waals surface area contributed by atoms with Crippen molar-refractivity contribution in [1.82, 2.24) is 5.32 Å². The van der Waals surface area contributed by atoms with Gasteiger partial charge in [0.05, 0.1) is 12.5 Å². The molecule has 0 fully saturated rings. The lowest BCUT2D eigenvalue weighted by Gasteiger charge is -2.25. The highest BCUT2D eigenvalue weighted by molar-refractivity contribution is 5.96. The fourth-order valence-corrected chi connectivity index (χ4v) is 2.88. The Balaban J connectivity index is 1.51. The number of fused-ring (bicyclic) bond motifs is 1. The van der Waals surface area contributed by atoms with E-state index in [1.807, 2.05) is 6.07 Å². The van der Waals surface area contributed by atoms with Crippen LogP contribution in [0, 0.1) is 5.41 Å². The van der Waals surface area contributed by atoms with Gasteiger partial charge in [-0.05, 0) is 30.3 Å². The summed E-state index contributed by atoms with van der Waals surface area (Å²) < 4.78 is 5.16. The number of nitrogens with one attached hydrogen (secondary N) is 3. The summed E-state index contributed by atoms with van der Waals surface area (Å²) in [5.74, 6) is -0.653. The summed E-state index contributed by atoms with van der Waals surface area (Å²) in [7, 11) is 0. The zero-order valence-corrected chi connectivity index (χ0v) is 15.0. The molecule has 0 saturated carbocycles. The van der Waals surface area contributed by atoms with Crippen LogP contribution >= 0.6 is 0 Å². The van der Waals surface area contributed by atoms with Gasteiger partial charge in [0, 0.05) is 29.7 Å². The molecule has 144 valence electrons. The van der Waals surface area contributed by atoms with Gasteiger partial charge in [-0.2, -0.15) is 0 Å². The number of hydrogen-bond acceptors (Lipinski definition) is 5. The fraction of sp³-hybridized carbons (Fsp3) is 0.200. The van der Waals surface area contributed by atoms with E-state index >= 15 is 0 Å². The van der Waals surface area contributed by atoms with Crippen molar-refractivity contribution in [3.05, 3.63) is 59.7 Å². The molecule has 1 aliphatic rings. The van der Waals surface area contributed by atoms with Gasteiger partial charge in [-0.3, -0.25) is 19.8 Å². The standard InChI is InChI=1S/C20H20N4O4/c21-20(22)12-5-7-13(8-6-12)23-17(25)9-10-18(26)24-15-11-19(27)28-16-4-2-1-3-14(15)16/h1-8,15H,9-11H2,(H3,21,22)(H,23,25)(H,24,26). The first-order valence-corrected chi connectivity index (χ1v) is 8.75. The minimum absolute atomic E-state index is 0.000887. The molecule has 0 aromatic heterocycles. The van der Waals surface area contributed by atoms with Crippen molar-refractivity contribution in [3.63, 3.8) is 0 Å². The number of anilines is 1. The van der Waals surface area contributed by atoms with Crippen LogP contribution in [0.5, 0.6) is 5.75 Å². The lowest BCUT2D eigenvalue weighted by Crippen LogP contribution is -2.34. The third kappa shape index (κ3) is 4.73. The predicted molar refractivity (Wildman–Crippen MR) is 103 cm³/mol. The number of amidine groups is 1. The first-order chi connectivity index (χ1) is 13.4. The molecule has 0 aliphatic carbocycles. The lowest BCUT2D eigenvalue weighted by atomic mass is 10.00. The number of nitrogen functional groups attached to an aromatic ring is 1. The monoisotopic (exact) mass is 380 g/mol. The summed E-state index contributed by atoms with van der Waals surface area (Å²) in [4.78, 5) is 36.0. The number of ether oxygens (including phenoxy) is 1. The number of nitrogens with two attached hydrogens (primary N) is 1. The molecule has 5 N–H and O–H groups in total. The number of carbonyl (C=O) groups excluding carboxylic acids is 3. The Morgan fingerprint density at radius 3 is 2.46 bits per heavy atom. The molecule has 0 radical (unpaired) electrons. The molecule has 2 aromatic rings. The number of amides is 2. The van der Waals surface area contributed by atoms with Crippen LogP contribution in [0.25, 0.3) is 0 Å². The SMILES string of the molecule is N=C(N)c1ccc(NC(=O)CCC(=O)NC2CC(=O)Oc3ccccc32)cc1. The molecule has 1 unspecified atom stereocenters. The van der Waals surface area contributed by atoms with E-state index in [1.54, 1.807) is 42.5 Å². The van der Waals surface area contributed by atoms with Crippen molar-refractivity contribution in [2.45, 2.75) is 25.3 Å². The van der Waals surface area contributed by atoms with Gasteiger partial charge in [-0.1, -0.05) is 18.2 Å². The average molecular weight is 380 g/mol. The van der Waals surface area contributed by atoms with Crippen molar-refractivity contribution in [1.29, 1.82) is 5.41 Å².